The molecular weight excluding hydrogens is 384 g/mol. The van der Waals surface area contributed by atoms with Crippen molar-refractivity contribution in [2.24, 2.45) is 0 Å². The van der Waals surface area contributed by atoms with Crippen molar-refractivity contribution in [2.45, 2.75) is 56.6 Å². The van der Waals surface area contributed by atoms with E-state index in [9.17, 15) is 4.79 Å². The van der Waals surface area contributed by atoms with Crippen molar-refractivity contribution in [1.82, 2.24) is 24.5 Å². The van der Waals surface area contributed by atoms with Gasteiger partial charge in [-0.15, -0.1) is 10.2 Å². The van der Waals surface area contributed by atoms with Gasteiger partial charge in [-0.05, 0) is 49.9 Å². The van der Waals surface area contributed by atoms with Crippen LogP contribution in [0.25, 0.3) is 5.69 Å². The van der Waals surface area contributed by atoms with Gasteiger partial charge in [0, 0.05) is 43.2 Å². The Morgan fingerprint density at radius 3 is 2.86 bits per heavy atom. The molecular formula is C21H26N6OS. The van der Waals surface area contributed by atoms with E-state index in [1.165, 1.54) is 19.8 Å². The molecule has 29 heavy (non-hydrogen) atoms. The van der Waals surface area contributed by atoms with Crippen LogP contribution in [0.5, 0.6) is 0 Å². The molecule has 1 saturated carbocycles. The van der Waals surface area contributed by atoms with Crippen LogP contribution in [-0.4, -0.2) is 36.2 Å². The molecule has 0 bridgehead atoms. The Bertz CT molecular complexity index is 948. The lowest BCUT2D eigenvalue weighted by molar-refractivity contribution is -0.114. The highest BCUT2D eigenvalue weighted by Crippen LogP contribution is 2.41. The van der Waals surface area contributed by atoms with Crippen LogP contribution in [0.1, 0.15) is 50.8 Å². The molecule has 2 aromatic heterocycles. The average molecular weight is 411 g/mol. The van der Waals surface area contributed by atoms with Crippen molar-refractivity contribution < 1.29 is 4.79 Å². The van der Waals surface area contributed by atoms with Gasteiger partial charge in [-0.25, -0.2) is 0 Å². The molecule has 0 spiro atoms. The largest absolute Gasteiger partial charge is 0.326 e. The number of unbranched alkanes of at least 4 members (excludes halogenated alkanes) is 2. The first kappa shape index (κ1) is 19.7. The first-order chi connectivity index (χ1) is 14.2. The molecule has 1 N–H and O–H groups in total. The summed E-state index contributed by atoms with van der Waals surface area (Å²) in [6.45, 7) is 2.49. The normalized spacial score (nSPS) is 13.6. The highest BCUT2D eigenvalue weighted by atomic mass is 32.2. The summed E-state index contributed by atoms with van der Waals surface area (Å²) < 4.78 is 4.14. The third-order valence-electron chi connectivity index (χ3n) is 4.85. The number of nitrogens with one attached hydrogen (secondary N) is 1. The molecule has 0 radical (unpaired) electrons. The van der Waals surface area contributed by atoms with Crippen LogP contribution in [0.2, 0.25) is 0 Å². The molecule has 0 saturated heterocycles. The highest BCUT2D eigenvalue weighted by molar-refractivity contribution is 7.99. The van der Waals surface area contributed by atoms with Crippen LogP contribution in [0.15, 0.2) is 47.9 Å². The van der Waals surface area contributed by atoms with E-state index in [0.29, 0.717) is 5.92 Å². The molecule has 1 aromatic carbocycles. The quantitative estimate of drug-likeness (QED) is 0.399. The highest BCUT2D eigenvalue weighted by Gasteiger charge is 2.31. The molecule has 1 aliphatic carbocycles. The van der Waals surface area contributed by atoms with E-state index in [0.717, 1.165) is 53.9 Å². The van der Waals surface area contributed by atoms with Gasteiger partial charge in [0.2, 0.25) is 5.91 Å². The van der Waals surface area contributed by atoms with Gasteiger partial charge in [-0.3, -0.25) is 14.0 Å². The third kappa shape index (κ3) is 5.26. The van der Waals surface area contributed by atoms with Crippen LogP contribution in [-0.2, 0) is 11.3 Å². The Morgan fingerprint density at radius 2 is 2.10 bits per heavy atom. The van der Waals surface area contributed by atoms with Crippen LogP contribution in [0.3, 0.4) is 0 Å². The number of hydrogen-bond donors (Lipinski definition) is 1. The van der Waals surface area contributed by atoms with Gasteiger partial charge in [0.1, 0.15) is 5.82 Å². The molecule has 7 nitrogen and oxygen atoms in total. The maximum Gasteiger partial charge on any atom is 0.221 e. The summed E-state index contributed by atoms with van der Waals surface area (Å²) in [5.41, 5.74) is 1.80. The van der Waals surface area contributed by atoms with Crippen molar-refractivity contribution >= 4 is 23.4 Å². The average Bonchev–Trinajstić information content (AvgIpc) is 3.24. The molecule has 1 amide bonds. The topological polar surface area (TPSA) is 77.6 Å². The Morgan fingerprint density at radius 1 is 1.21 bits per heavy atom. The molecule has 0 atom stereocenters. The molecule has 0 unspecified atom stereocenters. The summed E-state index contributed by atoms with van der Waals surface area (Å²) in [6.07, 6.45) is 9.58. The Kier molecular flexibility index (Phi) is 6.29. The fourth-order valence-electron chi connectivity index (χ4n) is 3.30. The summed E-state index contributed by atoms with van der Waals surface area (Å²) in [5.74, 6) is 2.47. The number of thioether (sulfide) groups is 1. The Labute approximate surface area is 174 Å². The second-order valence-electron chi connectivity index (χ2n) is 7.36. The number of carbonyl (C=O) groups is 1. The van der Waals surface area contributed by atoms with Gasteiger partial charge in [-0.2, -0.15) is 5.10 Å². The van der Waals surface area contributed by atoms with Crippen molar-refractivity contribution in [3.05, 3.63) is 48.5 Å². The first-order valence-electron chi connectivity index (χ1n) is 10.1. The predicted molar refractivity (Wildman–Crippen MR) is 114 cm³/mol. The fourth-order valence-corrected chi connectivity index (χ4v) is 4.26. The monoisotopic (exact) mass is 410 g/mol. The van der Waals surface area contributed by atoms with Crippen molar-refractivity contribution in [3.8, 4) is 5.69 Å². The standard InChI is InChI=1S/C21H26N6OS/c1-16(28)23-18-7-5-8-19(15-18)27-20(17-9-10-17)24-25-21(27)29-14-4-2-3-12-26-13-6-11-22-26/h5-8,11,13,15,17H,2-4,9-10,12,14H2,1H3,(H,23,28). The van der Waals surface area contributed by atoms with Gasteiger partial charge in [0.05, 0.1) is 5.69 Å². The number of aryl methyl sites for hydroxylation is 1. The van der Waals surface area contributed by atoms with Crippen molar-refractivity contribution in [2.75, 3.05) is 11.1 Å². The van der Waals surface area contributed by atoms with Gasteiger partial charge in [-0.1, -0.05) is 24.2 Å². The predicted octanol–water partition coefficient (Wildman–Crippen LogP) is 4.26. The van der Waals surface area contributed by atoms with Crippen molar-refractivity contribution in [1.29, 1.82) is 0 Å². The zero-order chi connectivity index (χ0) is 20.1. The summed E-state index contributed by atoms with van der Waals surface area (Å²) in [4.78, 5) is 11.4. The number of nitrogens with zero attached hydrogens (tertiary/aromatic N) is 5. The van der Waals surface area contributed by atoms with E-state index < -0.39 is 0 Å². The zero-order valence-electron chi connectivity index (χ0n) is 16.6. The summed E-state index contributed by atoms with van der Waals surface area (Å²) in [7, 11) is 0. The molecule has 4 rings (SSSR count). The molecule has 1 aliphatic rings. The van der Waals surface area contributed by atoms with Gasteiger partial charge >= 0.3 is 0 Å². The first-order valence-corrected chi connectivity index (χ1v) is 11.1. The molecule has 0 aliphatic heterocycles. The third-order valence-corrected chi connectivity index (χ3v) is 5.86. The van der Waals surface area contributed by atoms with Gasteiger partial charge < -0.3 is 5.32 Å². The Balaban J connectivity index is 1.39. The molecule has 1 fully saturated rings. The summed E-state index contributed by atoms with van der Waals surface area (Å²) in [5, 5.41) is 17.0. The van der Waals surface area contributed by atoms with Crippen LogP contribution < -0.4 is 5.32 Å². The van der Waals surface area contributed by atoms with E-state index in [4.69, 9.17) is 0 Å². The molecule has 152 valence electrons. The minimum atomic E-state index is -0.0713. The van der Waals surface area contributed by atoms with Crippen LogP contribution >= 0.6 is 11.8 Å². The summed E-state index contributed by atoms with van der Waals surface area (Å²) in [6, 6.07) is 9.86. The lowest BCUT2D eigenvalue weighted by Gasteiger charge is -2.12. The maximum atomic E-state index is 11.4. The van der Waals surface area contributed by atoms with Gasteiger partial charge in [0.15, 0.2) is 5.16 Å². The minimum Gasteiger partial charge on any atom is -0.326 e. The van der Waals surface area contributed by atoms with E-state index in [1.54, 1.807) is 11.8 Å². The molecule has 3 aromatic rings. The number of carbonyl (C=O) groups excluding carboxylic acids is 1. The smallest absolute Gasteiger partial charge is 0.221 e. The minimum absolute atomic E-state index is 0.0713. The van der Waals surface area contributed by atoms with Crippen molar-refractivity contribution in [3.63, 3.8) is 0 Å². The van der Waals surface area contributed by atoms with E-state index in [1.807, 2.05) is 41.3 Å². The molecule has 2 heterocycles. The van der Waals surface area contributed by atoms with E-state index in [2.05, 4.69) is 31.2 Å². The van der Waals surface area contributed by atoms with Gasteiger partial charge in [0.25, 0.3) is 0 Å². The lowest BCUT2D eigenvalue weighted by Crippen LogP contribution is -2.07. The Hall–Kier alpha value is -2.61. The van der Waals surface area contributed by atoms with Crippen LogP contribution in [0, 0.1) is 0 Å². The SMILES string of the molecule is CC(=O)Nc1cccc(-n2c(SCCCCCn3cccn3)nnc2C2CC2)c1. The zero-order valence-corrected chi connectivity index (χ0v) is 17.4. The number of rotatable bonds is 10. The second kappa shape index (κ2) is 9.26. The van der Waals surface area contributed by atoms with Crippen LogP contribution in [0.4, 0.5) is 5.69 Å². The number of amides is 1. The number of anilines is 1. The van der Waals surface area contributed by atoms with E-state index >= 15 is 0 Å². The maximum absolute atomic E-state index is 11.4. The summed E-state index contributed by atoms with van der Waals surface area (Å²) >= 11 is 1.76. The lowest BCUT2D eigenvalue weighted by atomic mass is 10.2. The fraction of sp³-hybridized carbons (Fsp3) is 0.429. The molecule has 8 heteroatoms. The number of hydrogen-bond acceptors (Lipinski definition) is 5. The number of benzene rings is 1. The van der Waals surface area contributed by atoms with E-state index in [-0.39, 0.29) is 5.91 Å². The second-order valence-corrected chi connectivity index (χ2v) is 8.42. The number of aromatic nitrogens is 5.